The summed E-state index contributed by atoms with van der Waals surface area (Å²) in [5.41, 5.74) is 7.52. The summed E-state index contributed by atoms with van der Waals surface area (Å²) in [7, 11) is 0. The minimum atomic E-state index is -0.655. The van der Waals surface area contributed by atoms with Gasteiger partial charge in [0.2, 0.25) is 5.88 Å². The van der Waals surface area contributed by atoms with Gasteiger partial charge in [-0.15, -0.1) is 0 Å². The van der Waals surface area contributed by atoms with Gasteiger partial charge in [-0.25, -0.2) is 0 Å². The number of hydrogen-bond donors (Lipinski definition) is 1. The Morgan fingerprint density at radius 3 is 2.50 bits per heavy atom. The minimum Gasteiger partial charge on any atom is -0.440 e. The van der Waals surface area contributed by atoms with Crippen LogP contribution in [0.15, 0.2) is 53.9 Å². The van der Waals surface area contributed by atoms with Crippen LogP contribution >= 0.6 is 23.2 Å². The standard InChI is InChI=1S/C18H11Cl2N3O/c19-14-6-5-10(7-15(14)20)12(8-21)17-11-3-1-2-4-16(11)24-18(23)13(17)9-22/h1-7,12,17H,23H2. The fourth-order valence-electron chi connectivity index (χ4n) is 2.83. The molecule has 0 amide bonds. The molecule has 0 bridgehead atoms. The molecule has 0 saturated heterocycles. The number of nitriles is 2. The Bertz CT molecular complexity index is 925. The van der Waals surface area contributed by atoms with Crippen LogP contribution in [0.1, 0.15) is 23.0 Å². The monoisotopic (exact) mass is 355 g/mol. The van der Waals surface area contributed by atoms with Crippen molar-refractivity contribution in [3.05, 3.63) is 75.1 Å². The molecule has 0 radical (unpaired) electrons. The Balaban J connectivity index is 2.19. The number of para-hydroxylation sites is 1. The fraction of sp³-hybridized carbons (Fsp3) is 0.111. The van der Waals surface area contributed by atoms with Crippen LogP contribution in [-0.4, -0.2) is 0 Å². The van der Waals surface area contributed by atoms with Crippen LogP contribution in [0.25, 0.3) is 0 Å². The first kappa shape index (κ1) is 16.2. The summed E-state index contributed by atoms with van der Waals surface area (Å²) in [6.45, 7) is 0. The van der Waals surface area contributed by atoms with Crippen molar-refractivity contribution in [3.8, 4) is 17.9 Å². The summed E-state index contributed by atoms with van der Waals surface area (Å²) in [6.07, 6.45) is 0. The van der Waals surface area contributed by atoms with E-state index in [1.54, 1.807) is 30.3 Å². The quantitative estimate of drug-likeness (QED) is 0.861. The Hall–Kier alpha value is -2.66. The van der Waals surface area contributed by atoms with Crippen molar-refractivity contribution in [3.63, 3.8) is 0 Å². The van der Waals surface area contributed by atoms with E-state index in [-0.39, 0.29) is 11.5 Å². The van der Waals surface area contributed by atoms with Gasteiger partial charge in [0.15, 0.2) is 0 Å². The van der Waals surface area contributed by atoms with E-state index >= 15 is 0 Å². The predicted octanol–water partition coefficient (Wildman–Crippen LogP) is 4.47. The summed E-state index contributed by atoms with van der Waals surface area (Å²) in [4.78, 5) is 0. The number of halogens is 2. The third kappa shape index (κ3) is 2.67. The molecule has 2 aromatic rings. The molecule has 6 heteroatoms. The molecule has 4 nitrogen and oxygen atoms in total. The number of allylic oxidation sites excluding steroid dienone is 1. The van der Waals surface area contributed by atoms with E-state index in [1.165, 1.54) is 0 Å². The number of ether oxygens (including phenoxy) is 1. The maximum atomic E-state index is 9.78. The molecule has 24 heavy (non-hydrogen) atoms. The van der Waals surface area contributed by atoms with Gasteiger partial charge in [-0.2, -0.15) is 10.5 Å². The van der Waals surface area contributed by atoms with Crippen LogP contribution < -0.4 is 10.5 Å². The number of fused-ring (bicyclic) bond motifs is 1. The first-order valence-corrected chi connectivity index (χ1v) is 7.83. The molecule has 2 aromatic carbocycles. The Morgan fingerprint density at radius 1 is 1.08 bits per heavy atom. The zero-order valence-corrected chi connectivity index (χ0v) is 13.8. The Morgan fingerprint density at radius 2 is 1.83 bits per heavy atom. The third-order valence-corrected chi connectivity index (χ3v) is 4.69. The van der Waals surface area contributed by atoms with Crippen molar-refractivity contribution in [2.75, 3.05) is 0 Å². The van der Waals surface area contributed by atoms with E-state index in [0.29, 0.717) is 21.4 Å². The molecule has 1 aliphatic heterocycles. The summed E-state index contributed by atoms with van der Waals surface area (Å²) in [5, 5.41) is 20.1. The number of benzene rings is 2. The van der Waals surface area contributed by atoms with Gasteiger partial charge in [-0.3, -0.25) is 0 Å². The Kier molecular flexibility index (Phi) is 4.36. The normalized spacial score (nSPS) is 17.2. The van der Waals surface area contributed by atoms with Gasteiger partial charge in [-0.05, 0) is 23.8 Å². The lowest BCUT2D eigenvalue weighted by Crippen LogP contribution is -2.23. The molecule has 0 saturated carbocycles. The average Bonchev–Trinajstić information content (AvgIpc) is 2.58. The van der Waals surface area contributed by atoms with Crippen molar-refractivity contribution in [1.29, 1.82) is 10.5 Å². The molecular weight excluding hydrogens is 345 g/mol. The lowest BCUT2D eigenvalue weighted by Gasteiger charge is -2.29. The molecule has 2 unspecified atom stereocenters. The highest BCUT2D eigenvalue weighted by Crippen LogP contribution is 2.46. The van der Waals surface area contributed by atoms with Gasteiger partial charge in [0.1, 0.15) is 11.8 Å². The summed E-state index contributed by atoms with van der Waals surface area (Å²) in [5.74, 6) is -0.638. The maximum Gasteiger partial charge on any atom is 0.205 e. The van der Waals surface area contributed by atoms with Crippen molar-refractivity contribution in [1.82, 2.24) is 0 Å². The molecule has 3 rings (SSSR count). The number of nitrogens with zero attached hydrogens (tertiary/aromatic N) is 2. The van der Waals surface area contributed by atoms with Crippen molar-refractivity contribution in [2.24, 2.45) is 5.73 Å². The van der Waals surface area contributed by atoms with Crippen LogP contribution in [-0.2, 0) is 0 Å². The van der Waals surface area contributed by atoms with E-state index in [0.717, 1.165) is 5.56 Å². The second-order valence-corrected chi connectivity index (χ2v) is 6.10. The van der Waals surface area contributed by atoms with E-state index in [4.69, 9.17) is 33.7 Å². The zero-order chi connectivity index (χ0) is 17.3. The summed E-state index contributed by atoms with van der Waals surface area (Å²) >= 11 is 12.0. The lowest BCUT2D eigenvalue weighted by molar-refractivity contribution is 0.385. The van der Waals surface area contributed by atoms with E-state index in [1.807, 2.05) is 12.1 Å². The summed E-state index contributed by atoms with van der Waals surface area (Å²) < 4.78 is 5.52. The van der Waals surface area contributed by atoms with Crippen LogP contribution in [0.2, 0.25) is 10.0 Å². The number of nitrogens with two attached hydrogens (primary N) is 1. The number of rotatable bonds is 2. The molecular formula is C18H11Cl2N3O. The van der Waals surface area contributed by atoms with Crippen LogP contribution in [0.5, 0.6) is 5.75 Å². The highest BCUT2D eigenvalue weighted by atomic mass is 35.5. The van der Waals surface area contributed by atoms with Gasteiger partial charge in [0.05, 0.1) is 27.6 Å². The second-order valence-electron chi connectivity index (χ2n) is 5.29. The fourth-order valence-corrected chi connectivity index (χ4v) is 3.14. The molecule has 2 atom stereocenters. The van der Waals surface area contributed by atoms with Crippen molar-refractivity contribution >= 4 is 23.2 Å². The molecule has 0 spiro atoms. The average molecular weight is 356 g/mol. The first-order chi connectivity index (χ1) is 11.6. The minimum absolute atomic E-state index is 0.0153. The van der Waals surface area contributed by atoms with E-state index < -0.39 is 11.8 Å². The molecule has 2 N–H and O–H groups in total. The second kappa shape index (κ2) is 6.45. The van der Waals surface area contributed by atoms with Gasteiger partial charge in [0.25, 0.3) is 0 Å². The van der Waals surface area contributed by atoms with Gasteiger partial charge in [0, 0.05) is 11.5 Å². The predicted molar refractivity (Wildman–Crippen MR) is 91.5 cm³/mol. The molecule has 0 aromatic heterocycles. The maximum absolute atomic E-state index is 9.78. The Labute approximate surface area is 149 Å². The van der Waals surface area contributed by atoms with Crippen molar-refractivity contribution < 1.29 is 4.74 Å². The highest BCUT2D eigenvalue weighted by Gasteiger charge is 2.36. The van der Waals surface area contributed by atoms with Gasteiger partial charge < -0.3 is 10.5 Å². The van der Waals surface area contributed by atoms with Crippen LogP contribution in [0.4, 0.5) is 0 Å². The zero-order valence-electron chi connectivity index (χ0n) is 12.3. The lowest BCUT2D eigenvalue weighted by atomic mass is 9.77. The topological polar surface area (TPSA) is 82.8 Å². The smallest absolute Gasteiger partial charge is 0.205 e. The largest absolute Gasteiger partial charge is 0.440 e. The van der Waals surface area contributed by atoms with Crippen LogP contribution in [0.3, 0.4) is 0 Å². The number of hydrogen-bond acceptors (Lipinski definition) is 4. The molecule has 1 aliphatic rings. The summed E-state index contributed by atoms with van der Waals surface area (Å²) in [6, 6.07) is 16.6. The highest BCUT2D eigenvalue weighted by molar-refractivity contribution is 6.42. The van der Waals surface area contributed by atoms with E-state index in [9.17, 15) is 10.5 Å². The molecule has 0 fully saturated rings. The van der Waals surface area contributed by atoms with Gasteiger partial charge >= 0.3 is 0 Å². The van der Waals surface area contributed by atoms with Gasteiger partial charge in [-0.1, -0.05) is 47.5 Å². The molecule has 118 valence electrons. The third-order valence-electron chi connectivity index (χ3n) is 3.95. The molecule has 1 heterocycles. The van der Waals surface area contributed by atoms with E-state index in [2.05, 4.69) is 12.1 Å². The van der Waals surface area contributed by atoms with Crippen LogP contribution in [0, 0.1) is 22.7 Å². The van der Waals surface area contributed by atoms with Crippen molar-refractivity contribution in [2.45, 2.75) is 11.8 Å². The molecule has 0 aliphatic carbocycles. The SMILES string of the molecule is N#CC1=C(N)Oc2ccccc2C1C(C#N)c1ccc(Cl)c(Cl)c1. The first-order valence-electron chi connectivity index (χ1n) is 7.08.